The fourth-order valence-electron chi connectivity index (χ4n) is 3.34. The number of phenolic OH excluding ortho intramolecular Hbond substituents is 2. The first-order valence-corrected chi connectivity index (χ1v) is 10.4. The van der Waals surface area contributed by atoms with Crippen LogP contribution in [0.25, 0.3) is 11.4 Å². The summed E-state index contributed by atoms with van der Waals surface area (Å²) >= 11 is 0. The number of aromatic hydroxyl groups is 2. The monoisotopic (exact) mass is 450 g/mol. The van der Waals surface area contributed by atoms with E-state index in [1.807, 2.05) is 18.2 Å². The third kappa shape index (κ3) is 5.32. The van der Waals surface area contributed by atoms with Gasteiger partial charge in [-0.1, -0.05) is 29.5 Å². The van der Waals surface area contributed by atoms with Crippen LogP contribution in [0.4, 0.5) is 0 Å². The van der Waals surface area contributed by atoms with E-state index in [4.69, 9.17) is 4.52 Å². The molecule has 4 N–H and O–H groups in total. The molecule has 1 aromatic carbocycles. The molecule has 0 saturated carbocycles. The Morgan fingerprint density at radius 2 is 2.03 bits per heavy atom. The fraction of sp³-hybridized carbons (Fsp3) is 0.273. The highest BCUT2D eigenvalue weighted by molar-refractivity contribution is 5.86. The Hall–Kier alpha value is -4.28. The summed E-state index contributed by atoms with van der Waals surface area (Å²) in [5.74, 6) is -0.0155. The third-order valence-corrected chi connectivity index (χ3v) is 5.04. The maximum Gasteiger partial charge on any atom is 0.276 e. The fourth-order valence-corrected chi connectivity index (χ4v) is 3.34. The van der Waals surface area contributed by atoms with Crippen molar-refractivity contribution in [2.75, 3.05) is 13.1 Å². The molecular weight excluding hydrogens is 428 g/mol. The van der Waals surface area contributed by atoms with Crippen molar-refractivity contribution >= 4 is 11.8 Å². The first-order valence-electron chi connectivity index (χ1n) is 10.4. The Morgan fingerprint density at radius 1 is 1.15 bits per heavy atom. The molecule has 0 fully saturated rings. The molecule has 2 aromatic rings. The number of allylic oxidation sites excluding steroid dienone is 3. The van der Waals surface area contributed by atoms with Crippen LogP contribution in [0, 0.1) is 5.92 Å². The number of fused-ring (bicyclic) bond motifs is 1. The quantitative estimate of drug-likeness (QED) is 0.333. The topological polar surface area (TPSA) is 162 Å². The Labute approximate surface area is 188 Å². The highest BCUT2D eigenvalue weighted by Gasteiger charge is 2.26. The van der Waals surface area contributed by atoms with Crippen LogP contribution >= 0.6 is 0 Å². The molecule has 0 radical (unpaired) electrons. The number of nitrogens with zero attached hydrogens (tertiary/aromatic N) is 4. The van der Waals surface area contributed by atoms with E-state index in [9.17, 15) is 19.8 Å². The minimum atomic E-state index is -0.392. The number of phenols is 2. The van der Waals surface area contributed by atoms with E-state index in [1.54, 1.807) is 6.08 Å². The predicted octanol–water partition coefficient (Wildman–Crippen LogP) is 2.12. The number of aryl methyl sites for hydroxylation is 1. The van der Waals surface area contributed by atoms with Crippen LogP contribution in [0.3, 0.4) is 0 Å². The summed E-state index contributed by atoms with van der Waals surface area (Å²) in [6, 6.07) is 4.01. The highest BCUT2D eigenvalue weighted by Crippen LogP contribution is 2.30. The van der Waals surface area contributed by atoms with Gasteiger partial charge >= 0.3 is 0 Å². The summed E-state index contributed by atoms with van der Waals surface area (Å²) in [6.07, 6.45) is 8.34. The molecule has 0 spiro atoms. The van der Waals surface area contributed by atoms with Gasteiger partial charge in [-0.15, -0.1) is 10.2 Å². The van der Waals surface area contributed by atoms with E-state index < -0.39 is 5.92 Å². The lowest BCUT2D eigenvalue weighted by molar-refractivity contribution is -0.121. The van der Waals surface area contributed by atoms with E-state index in [-0.39, 0.29) is 53.4 Å². The molecule has 11 nitrogen and oxygen atoms in total. The normalized spacial score (nSPS) is 16.7. The molecule has 170 valence electrons. The summed E-state index contributed by atoms with van der Waals surface area (Å²) in [6.45, 7) is 1.01. The van der Waals surface area contributed by atoms with E-state index in [1.165, 1.54) is 18.2 Å². The third-order valence-electron chi connectivity index (χ3n) is 5.04. The maximum absolute atomic E-state index is 12.1. The van der Waals surface area contributed by atoms with Gasteiger partial charge in [-0.25, -0.2) is 0 Å². The van der Waals surface area contributed by atoms with Gasteiger partial charge in [0.25, 0.3) is 5.91 Å². The molecule has 11 heteroatoms. The molecule has 0 saturated heterocycles. The van der Waals surface area contributed by atoms with Crippen molar-refractivity contribution in [2.24, 2.45) is 16.1 Å². The van der Waals surface area contributed by atoms with Crippen molar-refractivity contribution in [2.45, 2.75) is 19.3 Å². The first-order chi connectivity index (χ1) is 16.0. The van der Waals surface area contributed by atoms with Crippen LogP contribution in [0.1, 0.15) is 18.7 Å². The number of carbonyl (C=O) groups is 2. The van der Waals surface area contributed by atoms with Crippen molar-refractivity contribution in [3.05, 3.63) is 59.8 Å². The van der Waals surface area contributed by atoms with E-state index >= 15 is 0 Å². The van der Waals surface area contributed by atoms with Crippen LogP contribution in [0.15, 0.2) is 68.6 Å². The average molecular weight is 450 g/mol. The van der Waals surface area contributed by atoms with Crippen LogP contribution in [-0.4, -0.2) is 45.3 Å². The van der Waals surface area contributed by atoms with Crippen molar-refractivity contribution in [3.8, 4) is 22.9 Å². The maximum atomic E-state index is 12.1. The number of aromatic nitrogens is 2. The number of benzene rings is 1. The number of rotatable bonds is 9. The Kier molecular flexibility index (Phi) is 6.58. The molecule has 1 unspecified atom stereocenters. The number of amides is 2. The zero-order valence-electron chi connectivity index (χ0n) is 17.6. The number of carbonyl (C=O) groups excluding carboxylic acids is 2. The van der Waals surface area contributed by atoms with Gasteiger partial charge in [-0.2, -0.15) is 4.98 Å². The molecular formula is C22H22N6O5. The smallest absolute Gasteiger partial charge is 0.276 e. The lowest BCUT2D eigenvalue weighted by atomic mass is 9.93. The van der Waals surface area contributed by atoms with Crippen LogP contribution < -0.4 is 10.6 Å². The van der Waals surface area contributed by atoms with Crippen LogP contribution in [0.2, 0.25) is 0 Å². The lowest BCUT2D eigenvalue weighted by Crippen LogP contribution is -2.28. The second kappa shape index (κ2) is 9.90. The second-order valence-electron chi connectivity index (χ2n) is 7.41. The van der Waals surface area contributed by atoms with Gasteiger partial charge in [-0.3, -0.25) is 9.59 Å². The van der Waals surface area contributed by atoms with Crippen LogP contribution in [0.5, 0.6) is 11.5 Å². The number of nitrogens with one attached hydrogen (secondary N) is 2. The van der Waals surface area contributed by atoms with Crippen molar-refractivity contribution < 1.29 is 24.3 Å². The van der Waals surface area contributed by atoms with Gasteiger partial charge in [0.05, 0.1) is 11.5 Å². The molecule has 0 bridgehead atoms. The zero-order valence-corrected chi connectivity index (χ0v) is 17.6. The van der Waals surface area contributed by atoms with Crippen molar-refractivity contribution in [1.29, 1.82) is 0 Å². The largest absolute Gasteiger partial charge is 0.508 e. The van der Waals surface area contributed by atoms with E-state index in [0.29, 0.717) is 25.3 Å². The molecule has 1 aromatic heterocycles. The van der Waals surface area contributed by atoms with Gasteiger partial charge in [0.2, 0.25) is 17.6 Å². The van der Waals surface area contributed by atoms with E-state index in [2.05, 4.69) is 31.0 Å². The SMILES string of the molecule is O=C(CCc1nc(-c2cc(O)ccc2O)no1)NCCCNC1=C2C=CC=CC2C(=O)N=N1. The standard InChI is InChI=1S/C22H22N6O5/c29-13-6-7-17(30)16(12-13)21-25-19(33-28-21)9-8-18(31)23-10-3-11-24-20-14-4-1-2-5-15(14)22(32)27-26-20/h1-2,4-7,12,15,24,29-30H,3,8-11H2,(H,23,31). The second-order valence-corrected chi connectivity index (χ2v) is 7.41. The van der Waals surface area contributed by atoms with Gasteiger partial charge in [0.1, 0.15) is 11.5 Å². The average Bonchev–Trinajstić information content (AvgIpc) is 3.29. The summed E-state index contributed by atoms with van der Waals surface area (Å²) in [5.41, 5.74) is 1.03. The first kappa shape index (κ1) is 21.9. The van der Waals surface area contributed by atoms with Gasteiger partial charge in [0, 0.05) is 31.5 Å². The molecule has 33 heavy (non-hydrogen) atoms. The van der Waals surface area contributed by atoms with E-state index in [0.717, 1.165) is 5.57 Å². The number of hydrogen-bond acceptors (Lipinski definition) is 9. The highest BCUT2D eigenvalue weighted by atomic mass is 16.5. The minimum absolute atomic E-state index is 0.0353. The Bertz CT molecular complexity index is 1180. The molecule has 1 aliphatic carbocycles. The molecule has 1 aliphatic heterocycles. The predicted molar refractivity (Wildman–Crippen MR) is 116 cm³/mol. The van der Waals surface area contributed by atoms with Gasteiger partial charge in [-0.05, 0) is 24.6 Å². The molecule has 4 rings (SSSR count). The lowest BCUT2D eigenvalue weighted by Gasteiger charge is -2.20. The molecule has 2 aliphatic rings. The Morgan fingerprint density at radius 3 is 2.91 bits per heavy atom. The zero-order chi connectivity index (χ0) is 23.2. The summed E-state index contributed by atoms with van der Waals surface area (Å²) in [5, 5.41) is 36.8. The summed E-state index contributed by atoms with van der Waals surface area (Å²) in [7, 11) is 0. The van der Waals surface area contributed by atoms with Crippen LogP contribution in [-0.2, 0) is 16.0 Å². The molecule has 2 heterocycles. The number of azo groups is 1. The summed E-state index contributed by atoms with van der Waals surface area (Å²) in [4.78, 5) is 28.0. The van der Waals surface area contributed by atoms with Gasteiger partial charge in [0.15, 0.2) is 5.82 Å². The number of hydrogen-bond donors (Lipinski definition) is 4. The van der Waals surface area contributed by atoms with Crippen molar-refractivity contribution in [1.82, 2.24) is 20.8 Å². The van der Waals surface area contributed by atoms with Crippen molar-refractivity contribution in [3.63, 3.8) is 0 Å². The molecule has 2 amide bonds. The summed E-state index contributed by atoms with van der Waals surface area (Å²) < 4.78 is 5.12. The van der Waals surface area contributed by atoms with Gasteiger partial charge < -0.3 is 25.4 Å². The Balaban J connectivity index is 1.18. The minimum Gasteiger partial charge on any atom is -0.508 e. The molecule has 1 atom stereocenters.